The summed E-state index contributed by atoms with van der Waals surface area (Å²) < 4.78 is 0. The highest BCUT2D eigenvalue weighted by atomic mass is 35.5. The number of thioether (sulfide) groups is 1. The van der Waals surface area contributed by atoms with Crippen LogP contribution in [-0.4, -0.2) is 9.97 Å². The van der Waals surface area contributed by atoms with Crippen molar-refractivity contribution in [2.45, 2.75) is 10.9 Å². The van der Waals surface area contributed by atoms with Gasteiger partial charge < -0.3 is 4.98 Å². The maximum Gasteiger partial charge on any atom is 0.165 e. The monoisotopic (exact) mass is 258 g/mol. The highest BCUT2D eigenvalue weighted by Gasteiger charge is 2.01. The van der Waals surface area contributed by atoms with E-state index >= 15 is 0 Å². The van der Waals surface area contributed by atoms with Crippen LogP contribution in [0, 0.1) is 0 Å². The molecule has 1 aromatic carbocycles. The molecule has 0 aliphatic rings. The topological polar surface area (TPSA) is 28.7 Å². The lowest BCUT2D eigenvalue weighted by atomic mass is 10.2. The van der Waals surface area contributed by atoms with E-state index in [4.69, 9.17) is 23.2 Å². The quantitative estimate of drug-likeness (QED) is 0.843. The molecule has 1 N–H and O–H groups in total. The van der Waals surface area contributed by atoms with Crippen LogP contribution in [0.25, 0.3) is 0 Å². The number of rotatable bonds is 3. The summed E-state index contributed by atoms with van der Waals surface area (Å²) in [6.45, 7) is 0. The minimum absolute atomic E-state index is 0.586. The second-order valence-corrected chi connectivity index (χ2v) is 4.71. The van der Waals surface area contributed by atoms with Crippen molar-refractivity contribution in [2.75, 3.05) is 0 Å². The van der Waals surface area contributed by atoms with Gasteiger partial charge in [-0.3, -0.25) is 0 Å². The Morgan fingerprint density at radius 3 is 2.80 bits per heavy atom. The van der Waals surface area contributed by atoms with Crippen molar-refractivity contribution in [2.24, 2.45) is 0 Å². The minimum Gasteiger partial charge on any atom is -0.340 e. The molecule has 15 heavy (non-hydrogen) atoms. The van der Waals surface area contributed by atoms with Gasteiger partial charge >= 0.3 is 0 Å². The van der Waals surface area contributed by atoms with Gasteiger partial charge in [0.05, 0.1) is 10.0 Å². The van der Waals surface area contributed by atoms with Crippen molar-refractivity contribution < 1.29 is 0 Å². The third kappa shape index (κ3) is 2.91. The number of halogens is 2. The summed E-state index contributed by atoms with van der Waals surface area (Å²) in [7, 11) is 0. The molecule has 0 saturated carbocycles. The fourth-order valence-electron chi connectivity index (χ4n) is 1.11. The molecule has 0 aliphatic carbocycles. The van der Waals surface area contributed by atoms with Crippen LogP contribution in [0.3, 0.4) is 0 Å². The number of hydrogen-bond acceptors (Lipinski definition) is 2. The molecule has 0 spiro atoms. The number of H-pyrrole nitrogens is 1. The molecule has 2 nitrogen and oxygen atoms in total. The molecule has 2 rings (SSSR count). The summed E-state index contributed by atoms with van der Waals surface area (Å²) in [5.41, 5.74) is 1.13. The number of benzene rings is 1. The Bertz CT molecular complexity index is 443. The predicted molar refractivity (Wildman–Crippen MR) is 64.6 cm³/mol. The SMILES string of the molecule is Clc1ccc(CSc2ncc[nH]2)cc1Cl. The Hall–Kier alpha value is -0.640. The van der Waals surface area contributed by atoms with E-state index in [0.717, 1.165) is 16.5 Å². The molecule has 0 bridgehead atoms. The van der Waals surface area contributed by atoms with Crippen LogP contribution < -0.4 is 0 Å². The molecular weight excluding hydrogens is 251 g/mol. The van der Waals surface area contributed by atoms with E-state index < -0.39 is 0 Å². The van der Waals surface area contributed by atoms with Gasteiger partial charge in [-0.2, -0.15) is 0 Å². The molecule has 2 aromatic rings. The van der Waals surface area contributed by atoms with Crippen LogP contribution in [0.4, 0.5) is 0 Å². The zero-order valence-electron chi connectivity index (χ0n) is 7.71. The van der Waals surface area contributed by atoms with Gasteiger partial charge in [0.15, 0.2) is 5.16 Å². The van der Waals surface area contributed by atoms with Crippen LogP contribution in [0.15, 0.2) is 35.7 Å². The Morgan fingerprint density at radius 1 is 1.27 bits per heavy atom. The average Bonchev–Trinajstić information content (AvgIpc) is 2.73. The fraction of sp³-hybridized carbons (Fsp3) is 0.100. The van der Waals surface area contributed by atoms with Crippen molar-refractivity contribution in [1.29, 1.82) is 0 Å². The number of nitrogens with one attached hydrogen (secondary N) is 1. The van der Waals surface area contributed by atoms with Gasteiger partial charge in [0.1, 0.15) is 0 Å². The summed E-state index contributed by atoms with van der Waals surface area (Å²) in [6, 6.07) is 5.64. The summed E-state index contributed by atoms with van der Waals surface area (Å²) in [4.78, 5) is 7.15. The smallest absolute Gasteiger partial charge is 0.165 e. The van der Waals surface area contributed by atoms with Crippen LogP contribution in [0.2, 0.25) is 10.0 Å². The van der Waals surface area contributed by atoms with Gasteiger partial charge in [0.25, 0.3) is 0 Å². The lowest BCUT2D eigenvalue weighted by molar-refractivity contribution is 1.06. The standard InChI is InChI=1S/C10H8Cl2N2S/c11-8-2-1-7(5-9(8)12)6-15-10-13-3-4-14-10/h1-5H,6H2,(H,13,14). The normalized spacial score (nSPS) is 10.5. The number of aromatic nitrogens is 2. The van der Waals surface area contributed by atoms with Gasteiger partial charge in [0.2, 0.25) is 0 Å². The molecule has 0 atom stereocenters. The van der Waals surface area contributed by atoms with Crippen LogP contribution in [0.1, 0.15) is 5.56 Å². The number of hydrogen-bond donors (Lipinski definition) is 1. The fourth-order valence-corrected chi connectivity index (χ4v) is 2.20. The highest BCUT2D eigenvalue weighted by Crippen LogP contribution is 2.26. The van der Waals surface area contributed by atoms with Gasteiger partial charge in [-0.15, -0.1) is 0 Å². The van der Waals surface area contributed by atoms with E-state index in [0.29, 0.717) is 10.0 Å². The third-order valence-electron chi connectivity index (χ3n) is 1.83. The highest BCUT2D eigenvalue weighted by molar-refractivity contribution is 7.98. The molecule has 0 fully saturated rings. The van der Waals surface area contributed by atoms with Crippen LogP contribution in [-0.2, 0) is 5.75 Å². The molecule has 0 unspecified atom stereocenters. The predicted octanol–water partition coefficient (Wildman–Crippen LogP) is 4.01. The summed E-state index contributed by atoms with van der Waals surface area (Å²) >= 11 is 13.4. The maximum atomic E-state index is 5.91. The Kier molecular flexibility index (Phi) is 3.57. The molecule has 0 saturated heterocycles. The van der Waals surface area contributed by atoms with E-state index in [-0.39, 0.29) is 0 Å². The second kappa shape index (κ2) is 4.92. The van der Waals surface area contributed by atoms with Crippen LogP contribution >= 0.6 is 35.0 Å². The Balaban J connectivity index is 2.02. The molecule has 1 aromatic heterocycles. The summed E-state index contributed by atoms with van der Waals surface area (Å²) in [6.07, 6.45) is 3.54. The maximum absolute atomic E-state index is 5.91. The molecule has 1 heterocycles. The summed E-state index contributed by atoms with van der Waals surface area (Å²) in [5.74, 6) is 0.824. The molecule has 0 radical (unpaired) electrons. The van der Waals surface area contributed by atoms with E-state index in [1.54, 1.807) is 24.2 Å². The van der Waals surface area contributed by atoms with Crippen molar-refractivity contribution in [3.8, 4) is 0 Å². The van der Waals surface area contributed by atoms with E-state index in [1.807, 2.05) is 18.2 Å². The minimum atomic E-state index is 0.586. The third-order valence-corrected chi connectivity index (χ3v) is 3.55. The number of nitrogens with zero attached hydrogens (tertiary/aromatic N) is 1. The lowest BCUT2D eigenvalue weighted by Gasteiger charge is -2.01. The van der Waals surface area contributed by atoms with E-state index in [9.17, 15) is 0 Å². The van der Waals surface area contributed by atoms with Crippen molar-refractivity contribution >= 4 is 35.0 Å². The Labute approximate surface area is 102 Å². The first-order chi connectivity index (χ1) is 7.25. The van der Waals surface area contributed by atoms with Crippen molar-refractivity contribution in [3.63, 3.8) is 0 Å². The lowest BCUT2D eigenvalue weighted by Crippen LogP contribution is -1.82. The first-order valence-corrected chi connectivity index (χ1v) is 6.06. The van der Waals surface area contributed by atoms with Crippen molar-refractivity contribution in [3.05, 3.63) is 46.2 Å². The second-order valence-electron chi connectivity index (χ2n) is 2.93. The zero-order valence-corrected chi connectivity index (χ0v) is 10.0. The first kappa shape index (κ1) is 10.9. The van der Waals surface area contributed by atoms with Crippen LogP contribution in [0.5, 0.6) is 0 Å². The number of aromatic amines is 1. The van der Waals surface area contributed by atoms with Gasteiger partial charge in [0, 0.05) is 18.1 Å². The first-order valence-electron chi connectivity index (χ1n) is 4.32. The Morgan fingerprint density at radius 2 is 2.13 bits per heavy atom. The van der Waals surface area contributed by atoms with Gasteiger partial charge in [-0.05, 0) is 17.7 Å². The largest absolute Gasteiger partial charge is 0.340 e. The zero-order chi connectivity index (χ0) is 10.7. The van der Waals surface area contributed by atoms with Gasteiger partial charge in [-0.1, -0.05) is 41.0 Å². The molecular formula is C10H8Cl2N2S. The molecule has 78 valence electrons. The van der Waals surface area contributed by atoms with E-state index in [1.165, 1.54) is 0 Å². The molecule has 0 aliphatic heterocycles. The molecule has 0 amide bonds. The van der Waals surface area contributed by atoms with Crippen molar-refractivity contribution in [1.82, 2.24) is 9.97 Å². The van der Waals surface area contributed by atoms with E-state index in [2.05, 4.69) is 9.97 Å². The van der Waals surface area contributed by atoms with Gasteiger partial charge in [-0.25, -0.2) is 4.98 Å². The summed E-state index contributed by atoms with van der Waals surface area (Å²) in [5, 5.41) is 2.08. The number of imidazole rings is 1. The molecule has 5 heteroatoms. The average molecular weight is 259 g/mol.